The van der Waals surface area contributed by atoms with Crippen molar-refractivity contribution in [1.29, 1.82) is 0 Å². The number of anilines is 1. The SMILES string of the molecule is CCN(CC1CCCO1)C(=O)C(C)c1cccc(N)c1. The maximum atomic E-state index is 12.6. The third kappa shape index (κ3) is 3.51. The van der Waals surface area contributed by atoms with E-state index in [1.165, 1.54) is 0 Å². The largest absolute Gasteiger partial charge is 0.399 e. The molecule has 2 rings (SSSR count). The molecule has 0 aromatic heterocycles. The molecular formula is C16H24N2O2. The van der Waals surface area contributed by atoms with Gasteiger partial charge in [-0.15, -0.1) is 0 Å². The van der Waals surface area contributed by atoms with Crippen LogP contribution in [0, 0.1) is 0 Å². The Hall–Kier alpha value is -1.55. The van der Waals surface area contributed by atoms with Gasteiger partial charge >= 0.3 is 0 Å². The Morgan fingerprint density at radius 3 is 2.95 bits per heavy atom. The summed E-state index contributed by atoms with van der Waals surface area (Å²) in [6, 6.07) is 7.57. The minimum absolute atomic E-state index is 0.147. The van der Waals surface area contributed by atoms with Gasteiger partial charge in [-0.3, -0.25) is 4.79 Å². The van der Waals surface area contributed by atoms with Crippen LogP contribution >= 0.6 is 0 Å². The van der Waals surface area contributed by atoms with Crippen LogP contribution in [-0.2, 0) is 9.53 Å². The highest BCUT2D eigenvalue weighted by Gasteiger charge is 2.25. The molecule has 1 aliphatic heterocycles. The molecule has 20 heavy (non-hydrogen) atoms. The number of amides is 1. The standard InChI is InChI=1S/C16H24N2O2/c1-3-18(11-15-8-5-9-20-15)16(19)12(2)13-6-4-7-14(17)10-13/h4,6-7,10,12,15H,3,5,8-9,11,17H2,1-2H3. The Labute approximate surface area is 120 Å². The van der Waals surface area contributed by atoms with Crippen LogP contribution in [0.15, 0.2) is 24.3 Å². The van der Waals surface area contributed by atoms with E-state index < -0.39 is 0 Å². The number of likely N-dealkylation sites (N-methyl/N-ethyl adjacent to an activating group) is 1. The van der Waals surface area contributed by atoms with Gasteiger partial charge in [0.2, 0.25) is 5.91 Å². The maximum Gasteiger partial charge on any atom is 0.229 e. The molecule has 1 aromatic rings. The Bertz CT molecular complexity index is 456. The van der Waals surface area contributed by atoms with Gasteiger partial charge in [-0.1, -0.05) is 12.1 Å². The molecule has 1 heterocycles. The molecule has 1 saturated heterocycles. The van der Waals surface area contributed by atoms with Gasteiger partial charge in [-0.2, -0.15) is 0 Å². The predicted molar refractivity (Wildman–Crippen MR) is 80.5 cm³/mol. The minimum Gasteiger partial charge on any atom is -0.399 e. The third-order valence-corrected chi connectivity index (χ3v) is 3.92. The Balaban J connectivity index is 2.03. The molecule has 2 atom stereocenters. The Morgan fingerprint density at radius 2 is 2.35 bits per heavy atom. The summed E-state index contributed by atoms with van der Waals surface area (Å²) in [5.74, 6) is -0.0200. The second kappa shape index (κ2) is 6.75. The normalized spacial score (nSPS) is 19.8. The van der Waals surface area contributed by atoms with Crippen molar-refractivity contribution in [1.82, 2.24) is 4.90 Å². The average Bonchev–Trinajstić information content (AvgIpc) is 2.96. The van der Waals surface area contributed by atoms with E-state index in [1.807, 2.05) is 43.0 Å². The minimum atomic E-state index is -0.167. The first-order chi connectivity index (χ1) is 9.61. The number of hydrogen-bond donors (Lipinski definition) is 1. The van der Waals surface area contributed by atoms with Gasteiger partial charge in [0.05, 0.1) is 12.0 Å². The third-order valence-electron chi connectivity index (χ3n) is 3.92. The highest BCUT2D eigenvalue weighted by atomic mass is 16.5. The summed E-state index contributed by atoms with van der Waals surface area (Å²) in [5, 5.41) is 0. The second-order valence-corrected chi connectivity index (χ2v) is 5.40. The topological polar surface area (TPSA) is 55.6 Å². The van der Waals surface area contributed by atoms with E-state index in [2.05, 4.69) is 0 Å². The molecule has 4 nitrogen and oxygen atoms in total. The molecule has 0 saturated carbocycles. The summed E-state index contributed by atoms with van der Waals surface area (Å²) < 4.78 is 5.63. The van der Waals surface area contributed by atoms with Crippen LogP contribution in [0.25, 0.3) is 0 Å². The van der Waals surface area contributed by atoms with Gasteiger partial charge in [0, 0.05) is 25.4 Å². The van der Waals surface area contributed by atoms with Gasteiger partial charge in [0.1, 0.15) is 0 Å². The first-order valence-electron chi connectivity index (χ1n) is 7.37. The van der Waals surface area contributed by atoms with E-state index in [1.54, 1.807) is 0 Å². The smallest absolute Gasteiger partial charge is 0.229 e. The fraction of sp³-hybridized carbons (Fsp3) is 0.562. The van der Waals surface area contributed by atoms with Crippen molar-refractivity contribution in [3.05, 3.63) is 29.8 Å². The van der Waals surface area contributed by atoms with Gasteiger partial charge in [-0.25, -0.2) is 0 Å². The molecule has 0 radical (unpaired) electrons. The molecule has 0 spiro atoms. The highest BCUT2D eigenvalue weighted by molar-refractivity contribution is 5.83. The lowest BCUT2D eigenvalue weighted by Gasteiger charge is -2.27. The fourth-order valence-corrected chi connectivity index (χ4v) is 2.65. The zero-order valence-electron chi connectivity index (χ0n) is 12.3. The monoisotopic (exact) mass is 276 g/mol. The number of ether oxygens (including phenoxy) is 1. The van der Waals surface area contributed by atoms with Crippen molar-refractivity contribution < 1.29 is 9.53 Å². The van der Waals surface area contributed by atoms with Crippen molar-refractivity contribution in [2.75, 3.05) is 25.4 Å². The quantitative estimate of drug-likeness (QED) is 0.840. The van der Waals surface area contributed by atoms with Gasteiger partial charge in [0.25, 0.3) is 0 Å². The van der Waals surface area contributed by atoms with E-state index in [4.69, 9.17) is 10.5 Å². The summed E-state index contributed by atoms with van der Waals surface area (Å²) in [6.45, 7) is 6.18. The molecule has 110 valence electrons. The molecule has 1 aromatic carbocycles. The van der Waals surface area contributed by atoms with Crippen molar-refractivity contribution in [3.8, 4) is 0 Å². The van der Waals surface area contributed by atoms with E-state index in [0.717, 1.165) is 25.0 Å². The van der Waals surface area contributed by atoms with Crippen LogP contribution in [0.2, 0.25) is 0 Å². The second-order valence-electron chi connectivity index (χ2n) is 5.40. The first-order valence-corrected chi connectivity index (χ1v) is 7.37. The zero-order valence-corrected chi connectivity index (χ0v) is 12.3. The van der Waals surface area contributed by atoms with E-state index in [-0.39, 0.29) is 17.9 Å². The summed E-state index contributed by atoms with van der Waals surface area (Å²) in [7, 11) is 0. The summed E-state index contributed by atoms with van der Waals surface area (Å²) in [6.07, 6.45) is 2.35. The molecule has 4 heteroatoms. The molecule has 2 N–H and O–H groups in total. The van der Waals surface area contributed by atoms with Gasteiger partial charge in [0.15, 0.2) is 0 Å². The number of nitrogens with zero attached hydrogens (tertiary/aromatic N) is 1. The van der Waals surface area contributed by atoms with Crippen molar-refractivity contribution >= 4 is 11.6 Å². The lowest BCUT2D eigenvalue weighted by atomic mass is 9.99. The van der Waals surface area contributed by atoms with Crippen molar-refractivity contribution in [2.24, 2.45) is 0 Å². The number of rotatable bonds is 5. The maximum absolute atomic E-state index is 12.6. The molecular weight excluding hydrogens is 252 g/mol. The summed E-state index contributed by atoms with van der Waals surface area (Å²) >= 11 is 0. The van der Waals surface area contributed by atoms with Crippen molar-refractivity contribution in [3.63, 3.8) is 0 Å². The molecule has 2 unspecified atom stereocenters. The van der Waals surface area contributed by atoms with Crippen LogP contribution in [-0.4, -0.2) is 36.6 Å². The molecule has 1 amide bonds. The number of benzene rings is 1. The number of hydrogen-bond acceptors (Lipinski definition) is 3. The van der Waals surface area contributed by atoms with E-state index >= 15 is 0 Å². The Morgan fingerprint density at radius 1 is 1.55 bits per heavy atom. The molecule has 1 aliphatic rings. The number of nitrogen functional groups attached to an aromatic ring is 1. The van der Waals surface area contributed by atoms with Crippen LogP contribution < -0.4 is 5.73 Å². The first kappa shape index (κ1) is 14.9. The molecule has 1 fully saturated rings. The summed E-state index contributed by atoms with van der Waals surface area (Å²) in [4.78, 5) is 14.5. The highest BCUT2D eigenvalue weighted by Crippen LogP contribution is 2.21. The van der Waals surface area contributed by atoms with Crippen LogP contribution in [0.4, 0.5) is 5.69 Å². The zero-order chi connectivity index (χ0) is 14.5. The van der Waals surface area contributed by atoms with Crippen LogP contribution in [0.3, 0.4) is 0 Å². The lowest BCUT2D eigenvalue weighted by Crippen LogP contribution is -2.39. The molecule has 0 aliphatic carbocycles. The fourth-order valence-electron chi connectivity index (χ4n) is 2.65. The van der Waals surface area contributed by atoms with Crippen LogP contribution in [0.1, 0.15) is 38.2 Å². The Kier molecular flexibility index (Phi) is 5.01. The average molecular weight is 276 g/mol. The van der Waals surface area contributed by atoms with Crippen molar-refractivity contribution in [2.45, 2.75) is 38.7 Å². The van der Waals surface area contributed by atoms with Crippen LogP contribution in [0.5, 0.6) is 0 Å². The summed E-state index contributed by atoms with van der Waals surface area (Å²) in [5.41, 5.74) is 7.46. The lowest BCUT2D eigenvalue weighted by molar-refractivity contribution is -0.133. The van der Waals surface area contributed by atoms with E-state index in [0.29, 0.717) is 18.8 Å². The molecule has 0 bridgehead atoms. The predicted octanol–water partition coefficient (Wildman–Crippen LogP) is 2.40. The van der Waals surface area contributed by atoms with E-state index in [9.17, 15) is 4.79 Å². The van der Waals surface area contributed by atoms with Gasteiger partial charge in [-0.05, 0) is 44.4 Å². The number of carbonyl (C=O) groups is 1. The van der Waals surface area contributed by atoms with Gasteiger partial charge < -0.3 is 15.4 Å². The number of carbonyl (C=O) groups excluding carboxylic acids is 1. The number of nitrogens with two attached hydrogens (primary N) is 1.